The molecule has 2 aliphatic heterocycles. The van der Waals surface area contributed by atoms with Gasteiger partial charge < -0.3 is 14.7 Å². The van der Waals surface area contributed by atoms with E-state index in [4.69, 9.17) is 9.84 Å². The molecule has 12 heavy (non-hydrogen) atoms. The molecule has 3 atom stereocenters. The Morgan fingerprint density at radius 2 is 2.50 bits per heavy atom. The fraction of sp³-hybridized carbons (Fsp3) is 0.875. The summed E-state index contributed by atoms with van der Waals surface area (Å²) in [4.78, 5) is 13.1. The Kier molecular flexibility index (Phi) is 1.81. The zero-order valence-electron chi connectivity index (χ0n) is 7.06. The number of hydrogen-bond acceptors (Lipinski definition) is 3. The second kappa shape index (κ2) is 2.71. The zero-order chi connectivity index (χ0) is 8.72. The first-order valence-corrected chi connectivity index (χ1v) is 4.28. The molecular weight excluding hydrogens is 158 g/mol. The Bertz CT molecular complexity index is 204. The van der Waals surface area contributed by atoms with Crippen molar-refractivity contribution in [3.63, 3.8) is 0 Å². The van der Waals surface area contributed by atoms with Crippen LogP contribution in [0.3, 0.4) is 0 Å². The van der Waals surface area contributed by atoms with E-state index in [9.17, 15) is 4.79 Å². The number of carbonyl (C=O) groups is 1. The minimum atomic E-state index is -0.871. The van der Waals surface area contributed by atoms with Crippen molar-refractivity contribution in [3.8, 4) is 0 Å². The third-order valence-electron chi connectivity index (χ3n) is 2.54. The van der Waals surface area contributed by atoms with E-state index in [2.05, 4.69) is 0 Å². The number of likely N-dealkylation sites (tertiary alicyclic amines) is 1. The molecule has 2 heterocycles. The molecule has 68 valence electrons. The standard InChI is InChI=1S/C8H13NO3/c1-5(10)8(11)9-3-7-2-6(9)4-12-7/h5-7,10H,2-4H2,1H3. The molecule has 2 fully saturated rings. The normalized spacial score (nSPS) is 35.7. The van der Waals surface area contributed by atoms with Gasteiger partial charge in [0, 0.05) is 6.54 Å². The number of morpholine rings is 1. The van der Waals surface area contributed by atoms with Gasteiger partial charge in [-0.25, -0.2) is 0 Å². The molecule has 1 amide bonds. The summed E-state index contributed by atoms with van der Waals surface area (Å²) >= 11 is 0. The van der Waals surface area contributed by atoms with Gasteiger partial charge in [0.15, 0.2) is 0 Å². The Hall–Kier alpha value is -0.610. The highest BCUT2D eigenvalue weighted by Gasteiger charge is 2.42. The molecule has 3 unspecified atom stereocenters. The van der Waals surface area contributed by atoms with Crippen LogP contribution in [0.2, 0.25) is 0 Å². The van der Waals surface area contributed by atoms with Crippen molar-refractivity contribution in [2.75, 3.05) is 13.2 Å². The van der Waals surface area contributed by atoms with Crippen LogP contribution in [0.5, 0.6) is 0 Å². The van der Waals surface area contributed by atoms with Crippen molar-refractivity contribution >= 4 is 5.91 Å². The van der Waals surface area contributed by atoms with Crippen LogP contribution < -0.4 is 0 Å². The first kappa shape index (κ1) is 8.01. The van der Waals surface area contributed by atoms with Crippen molar-refractivity contribution < 1.29 is 14.6 Å². The van der Waals surface area contributed by atoms with E-state index >= 15 is 0 Å². The molecule has 0 aromatic heterocycles. The molecular formula is C8H13NO3. The Morgan fingerprint density at radius 1 is 1.75 bits per heavy atom. The molecule has 4 nitrogen and oxygen atoms in total. The van der Waals surface area contributed by atoms with Gasteiger partial charge in [0.25, 0.3) is 5.91 Å². The molecule has 1 N–H and O–H groups in total. The predicted octanol–water partition coefficient (Wildman–Crippen LogP) is -0.633. The summed E-state index contributed by atoms with van der Waals surface area (Å²) in [5, 5.41) is 9.08. The SMILES string of the molecule is CC(O)C(=O)N1CC2CC1CO2. The Morgan fingerprint density at radius 3 is 2.92 bits per heavy atom. The summed E-state index contributed by atoms with van der Waals surface area (Å²) in [5.74, 6) is -0.161. The molecule has 4 heteroatoms. The molecule has 2 aliphatic rings. The first-order valence-electron chi connectivity index (χ1n) is 4.28. The number of hydrogen-bond donors (Lipinski definition) is 1. The van der Waals surface area contributed by atoms with Gasteiger partial charge in [-0.15, -0.1) is 0 Å². The van der Waals surface area contributed by atoms with E-state index in [1.54, 1.807) is 4.90 Å². The molecule has 0 saturated carbocycles. The molecule has 2 bridgehead atoms. The van der Waals surface area contributed by atoms with Gasteiger partial charge in [0.05, 0.1) is 18.8 Å². The van der Waals surface area contributed by atoms with Crippen molar-refractivity contribution in [1.29, 1.82) is 0 Å². The fourth-order valence-corrected chi connectivity index (χ4v) is 1.91. The summed E-state index contributed by atoms with van der Waals surface area (Å²) in [6.45, 7) is 2.81. The van der Waals surface area contributed by atoms with Gasteiger partial charge in [-0.05, 0) is 13.3 Å². The summed E-state index contributed by atoms with van der Waals surface area (Å²) in [5.41, 5.74) is 0. The van der Waals surface area contributed by atoms with Crippen molar-refractivity contribution in [2.45, 2.75) is 31.6 Å². The van der Waals surface area contributed by atoms with Gasteiger partial charge in [-0.3, -0.25) is 4.79 Å². The third kappa shape index (κ3) is 1.11. The van der Waals surface area contributed by atoms with E-state index < -0.39 is 6.10 Å². The number of amides is 1. The van der Waals surface area contributed by atoms with Crippen LogP contribution in [0, 0.1) is 0 Å². The highest BCUT2D eigenvalue weighted by Crippen LogP contribution is 2.27. The van der Waals surface area contributed by atoms with Crippen LogP contribution in [0.1, 0.15) is 13.3 Å². The summed E-state index contributed by atoms with van der Waals surface area (Å²) in [6.07, 6.45) is 0.292. The van der Waals surface area contributed by atoms with Crippen molar-refractivity contribution in [1.82, 2.24) is 4.90 Å². The predicted molar refractivity (Wildman–Crippen MR) is 41.5 cm³/mol. The summed E-state index contributed by atoms with van der Waals surface area (Å²) in [7, 11) is 0. The zero-order valence-corrected chi connectivity index (χ0v) is 7.06. The summed E-state index contributed by atoms with van der Waals surface area (Å²) < 4.78 is 5.34. The maximum Gasteiger partial charge on any atom is 0.251 e. The average molecular weight is 171 g/mol. The van der Waals surface area contributed by atoms with Gasteiger partial charge in [-0.2, -0.15) is 0 Å². The van der Waals surface area contributed by atoms with Crippen molar-refractivity contribution in [3.05, 3.63) is 0 Å². The van der Waals surface area contributed by atoms with Crippen LogP contribution in [-0.2, 0) is 9.53 Å². The van der Waals surface area contributed by atoms with Crippen LogP contribution >= 0.6 is 0 Å². The maximum atomic E-state index is 11.4. The Balaban J connectivity index is 2.02. The topological polar surface area (TPSA) is 49.8 Å². The van der Waals surface area contributed by atoms with Crippen LogP contribution in [0.25, 0.3) is 0 Å². The molecule has 0 aliphatic carbocycles. The fourth-order valence-electron chi connectivity index (χ4n) is 1.91. The van der Waals surface area contributed by atoms with E-state index in [0.29, 0.717) is 13.2 Å². The number of aliphatic hydroxyl groups excluding tert-OH is 1. The second-order valence-corrected chi connectivity index (χ2v) is 3.51. The molecule has 0 spiro atoms. The second-order valence-electron chi connectivity index (χ2n) is 3.51. The van der Waals surface area contributed by atoms with Crippen LogP contribution in [0.15, 0.2) is 0 Å². The number of rotatable bonds is 1. The third-order valence-corrected chi connectivity index (χ3v) is 2.54. The lowest BCUT2D eigenvalue weighted by Crippen LogP contribution is -2.45. The van der Waals surface area contributed by atoms with Gasteiger partial charge in [-0.1, -0.05) is 0 Å². The molecule has 0 radical (unpaired) electrons. The van der Waals surface area contributed by atoms with Gasteiger partial charge in [0.2, 0.25) is 0 Å². The van der Waals surface area contributed by atoms with E-state index in [-0.39, 0.29) is 18.1 Å². The molecule has 2 saturated heterocycles. The number of nitrogens with zero attached hydrogens (tertiary/aromatic N) is 1. The minimum absolute atomic E-state index is 0.161. The Labute approximate surface area is 71.1 Å². The average Bonchev–Trinajstić information content (AvgIpc) is 2.62. The number of carbonyl (C=O) groups excluding carboxylic acids is 1. The lowest BCUT2D eigenvalue weighted by Gasteiger charge is -2.27. The number of fused-ring (bicyclic) bond motifs is 2. The minimum Gasteiger partial charge on any atom is -0.384 e. The molecule has 0 aromatic rings. The van der Waals surface area contributed by atoms with Crippen molar-refractivity contribution in [2.24, 2.45) is 0 Å². The maximum absolute atomic E-state index is 11.4. The quantitative estimate of drug-likeness (QED) is 0.571. The monoisotopic (exact) mass is 171 g/mol. The van der Waals surface area contributed by atoms with E-state index in [0.717, 1.165) is 6.42 Å². The smallest absolute Gasteiger partial charge is 0.251 e. The van der Waals surface area contributed by atoms with Gasteiger partial charge in [0.1, 0.15) is 6.10 Å². The van der Waals surface area contributed by atoms with Crippen LogP contribution in [0.4, 0.5) is 0 Å². The van der Waals surface area contributed by atoms with E-state index in [1.165, 1.54) is 6.92 Å². The van der Waals surface area contributed by atoms with Gasteiger partial charge >= 0.3 is 0 Å². The number of ether oxygens (including phenoxy) is 1. The first-order chi connectivity index (χ1) is 5.68. The lowest BCUT2D eigenvalue weighted by atomic mass is 10.2. The van der Waals surface area contributed by atoms with E-state index in [1.807, 2.05) is 0 Å². The molecule has 2 rings (SSSR count). The highest BCUT2D eigenvalue weighted by molar-refractivity contribution is 5.81. The molecule has 0 aromatic carbocycles. The highest BCUT2D eigenvalue weighted by atomic mass is 16.5. The largest absolute Gasteiger partial charge is 0.384 e. The lowest BCUT2D eigenvalue weighted by molar-refractivity contribution is -0.143. The number of aliphatic hydroxyl groups is 1. The van der Waals surface area contributed by atoms with Crippen LogP contribution in [-0.4, -0.2) is 47.3 Å². The summed E-state index contributed by atoms with van der Waals surface area (Å²) in [6, 6.07) is 0.220.